The van der Waals surface area contributed by atoms with Gasteiger partial charge < -0.3 is 15.0 Å². The van der Waals surface area contributed by atoms with Crippen molar-refractivity contribution in [3.63, 3.8) is 0 Å². The second kappa shape index (κ2) is 7.77. The van der Waals surface area contributed by atoms with Gasteiger partial charge in [0.25, 0.3) is 0 Å². The van der Waals surface area contributed by atoms with E-state index in [1.54, 1.807) is 19.2 Å². The summed E-state index contributed by atoms with van der Waals surface area (Å²) in [6.07, 6.45) is 0. The summed E-state index contributed by atoms with van der Waals surface area (Å²) in [6, 6.07) is 7.33. The first kappa shape index (κ1) is 15.5. The van der Waals surface area contributed by atoms with E-state index in [9.17, 15) is 4.79 Å². The van der Waals surface area contributed by atoms with Gasteiger partial charge in [0.2, 0.25) is 5.91 Å². The van der Waals surface area contributed by atoms with Crippen LogP contribution in [0.1, 0.15) is 5.56 Å². The molecule has 0 saturated heterocycles. The molecule has 0 heterocycles. The number of hydrogen-bond donors (Lipinski definition) is 1. The number of methoxy groups -OCH3 is 1. The van der Waals surface area contributed by atoms with E-state index in [0.717, 1.165) is 10.2 Å². The molecule has 0 aliphatic carbocycles. The van der Waals surface area contributed by atoms with Crippen LogP contribution in [0.2, 0.25) is 0 Å². The Balaban J connectivity index is 2.60. The molecule has 19 heavy (non-hydrogen) atoms. The zero-order chi connectivity index (χ0) is 14.3. The normalized spacial score (nSPS) is 9.79. The van der Waals surface area contributed by atoms with Crippen LogP contribution < -0.4 is 10.2 Å². The molecule has 1 aromatic rings. The van der Waals surface area contributed by atoms with Crippen LogP contribution in [0.15, 0.2) is 22.7 Å². The third-order valence-electron chi connectivity index (χ3n) is 2.50. The summed E-state index contributed by atoms with van der Waals surface area (Å²) in [4.78, 5) is 13.5. The number of nitriles is 1. The predicted octanol–water partition coefficient (Wildman–Crippen LogP) is 1.52. The molecule has 0 fully saturated rings. The van der Waals surface area contributed by atoms with Crippen LogP contribution >= 0.6 is 15.9 Å². The van der Waals surface area contributed by atoms with E-state index in [0.29, 0.717) is 18.7 Å². The van der Waals surface area contributed by atoms with Crippen LogP contribution in [0, 0.1) is 11.3 Å². The molecule has 0 saturated carbocycles. The molecule has 5 nitrogen and oxygen atoms in total. The summed E-state index contributed by atoms with van der Waals surface area (Å²) in [7, 11) is 3.41. The first-order valence-electron chi connectivity index (χ1n) is 5.75. The zero-order valence-corrected chi connectivity index (χ0v) is 12.5. The number of nitrogens with one attached hydrogen (secondary N) is 1. The van der Waals surface area contributed by atoms with Crippen molar-refractivity contribution in [2.45, 2.75) is 0 Å². The maximum absolute atomic E-state index is 11.7. The number of anilines is 1. The maximum atomic E-state index is 11.7. The Hall–Kier alpha value is -1.58. The van der Waals surface area contributed by atoms with Crippen LogP contribution in [0.5, 0.6) is 0 Å². The topological polar surface area (TPSA) is 65.4 Å². The predicted molar refractivity (Wildman–Crippen MR) is 77.0 cm³/mol. The average Bonchev–Trinajstić information content (AvgIpc) is 2.38. The number of hydrogen-bond acceptors (Lipinski definition) is 4. The zero-order valence-electron chi connectivity index (χ0n) is 10.9. The summed E-state index contributed by atoms with van der Waals surface area (Å²) >= 11 is 3.40. The Bertz CT molecular complexity index is 485. The van der Waals surface area contributed by atoms with Crippen LogP contribution in [-0.2, 0) is 9.53 Å². The number of amides is 1. The molecular weight excluding hydrogens is 310 g/mol. The minimum Gasteiger partial charge on any atom is -0.383 e. The molecule has 6 heteroatoms. The van der Waals surface area contributed by atoms with Crippen LogP contribution in [0.3, 0.4) is 0 Å². The quantitative estimate of drug-likeness (QED) is 0.805. The highest BCUT2D eigenvalue weighted by Crippen LogP contribution is 2.26. The van der Waals surface area contributed by atoms with Gasteiger partial charge >= 0.3 is 0 Å². The smallest absolute Gasteiger partial charge is 0.239 e. The van der Waals surface area contributed by atoms with Gasteiger partial charge in [-0.2, -0.15) is 5.26 Å². The lowest BCUT2D eigenvalue weighted by Gasteiger charge is -2.20. The number of rotatable bonds is 6. The summed E-state index contributed by atoms with van der Waals surface area (Å²) in [5, 5.41) is 11.6. The first-order valence-corrected chi connectivity index (χ1v) is 6.54. The number of halogens is 1. The highest BCUT2D eigenvalue weighted by molar-refractivity contribution is 9.10. The molecule has 0 aromatic heterocycles. The number of carbonyl (C=O) groups is 1. The highest BCUT2D eigenvalue weighted by Gasteiger charge is 2.10. The molecule has 102 valence electrons. The van der Waals surface area contributed by atoms with E-state index in [4.69, 9.17) is 10.00 Å². The molecule has 0 aliphatic heterocycles. The number of nitrogens with zero attached hydrogens (tertiary/aromatic N) is 2. The fourth-order valence-corrected chi connectivity index (χ4v) is 2.22. The Morgan fingerprint density at radius 3 is 2.89 bits per heavy atom. The summed E-state index contributed by atoms with van der Waals surface area (Å²) < 4.78 is 5.65. The molecule has 0 radical (unpaired) electrons. The van der Waals surface area contributed by atoms with Crippen molar-refractivity contribution in [2.24, 2.45) is 0 Å². The third kappa shape index (κ3) is 4.89. The van der Waals surface area contributed by atoms with Crippen molar-refractivity contribution in [2.75, 3.05) is 38.8 Å². The van der Waals surface area contributed by atoms with E-state index in [-0.39, 0.29) is 12.5 Å². The molecule has 1 rings (SSSR count). The highest BCUT2D eigenvalue weighted by atomic mass is 79.9. The molecule has 0 unspecified atom stereocenters. The minimum atomic E-state index is -0.0733. The lowest BCUT2D eigenvalue weighted by Crippen LogP contribution is -2.36. The molecule has 1 N–H and O–H groups in total. The van der Waals surface area contributed by atoms with Gasteiger partial charge in [-0.05, 0) is 34.1 Å². The van der Waals surface area contributed by atoms with E-state index in [1.165, 1.54) is 0 Å². The molecule has 0 atom stereocenters. The van der Waals surface area contributed by atoms with E-state index < -0.39 is 0 Å². The largest absolute Gasteiger partial charge is 0.383 e. The van der Waals surface area contributed by atoms with Crippen LogP contribution in [0.25, 0.3) is 0 Å². The second-order valence-electron chi connectivity index (χ2n) is 3.98. The Morgan fingerprint density at radius 2 is 2.32 bits per heavy atom. The Labute approximate surface area is 121 Å². The van der Waals surface area contributed by atoms with Crippen molar-refractivity contribution in [3.05, 3.63) is 28.2 Å². The van der Waals surface area contributed by atoms with E-state index in [1.807, 2.05) is 18.0 Å². The van der Waals surface area contributed by atoms with Gasteiger partial charge in [0.1, 0.15) is 0 Å². The van der Waals surface area contributed by atoms with Gasteiger partial charge in [-0.15, -0.1) is 0 Å². The number of benzene rings is 1. The Kier molecular flexibility index (Phi) is 6.33. The minimum absolute atomic E-state index is 0.0733. The first-order chi connectivity index (χ1) is 9.08. The fraction of sp³-hybridized carbons (Fsp3) is 0.385. The Morgan fingerprint density at radius 1 is 1.58 bits per heavy atom. The lowest BCUT2D eigenvalue weighted by atomic mass is 10.2. The number of likely N-dealkylation sites (N-methyl/N-ethyl adjacent to an activating group) is 1. The van der Waals surface area contributed by atoms with Crippen molar-refractivity contribution in [3.8, 4) is 6.07 Å². The van der Waals surface area contributed by atoms with Gasteiger partial charge in [-0.25, -0.2) is 0 Å². The van der Waals surface area contributed by atoms with Crippen LogP contribution in [0.4, 0.5) is 5.69 Å². The SMILES string of the molecule is COCCNC(=O)CN(C)c1ccc(C#N)cc1Br. The maximum Gasteiger partial charge on any atom is 0.239 e. The molecule has 1 aromatic carbocycles. The number of carbonyl (C=O) groups excluding carboxylic acids is 1. The summed E-state index contributed by atoms with van der Waals surface area (Å²) in [5.74, 6) is -0.0733. The molecular formula is C13H16BrN3O2. The van der Waals surface area contributed by atoms with Gasteiger partial charge in [0.15, 0.2) is 0 Å². The van der Waals surface area contributed by atoms with Gasteiger partial charge in [0, 0.05) is 25.2 Å². The average molecular weight is 326 g/mol. The molecule has 1 amide bonds. The lowest BCUT2D eigenvalue weighted by molar-refractivity contribution is -0.119. The van der Waals surface area contributed by atoms with Crippen molar-refractivity contribution >= 4 is 27.5 Å². The second-order valence-corrected chi connectivity index (χ2v) is 4.83. The molecule has 0 bridgehead atoms. The summed E-state index contributed by atoms with van der Waals surface area (Å²) in [5.41, 5.74) is 1.44. The third-order valence-corrected chi connectivity index (χ3v) is 3.13. The molecule has 0 aliphatic rings. The van der Waals surface area contributed by atoms with Crippen LogP contribution in [-0.4, -0.2) is 39.8 Å². The van der Waals surface area contributed by atoms with Gasteiger partial charge in [-0.3, -0.25) is 4.79 Å². The van der Waals surface area contributed by atoms with Crippen molar-refractivity contribution in [1.82, 2.24) is 5.32 Å². The van der Waals surface area contributed by atoms with Crippen molar-refractivity contribution in [1.29, 1.82) is 5.26 Å². The van der Waals surface area contributed by atoms with Gasteiger partial charge in [-0.1, -0.05) is 0 Å². The summed E-state index contributed by atoms with van der Waals surface area (Å²) in [6.45, 7) is 1.24. The van der Waals surface area contributed by atoms with E-state index >= 15 is 0 Å². The molecule has 0 spiro atoms. The number of ether oxygens (including phenoxy) is 1. The van der Waals surface area contributed by atoms with E-state index in [2.05, 4.69) is 27.3 Å². The monoisotopic (exact) mass is 325 g/mol. The van der Waals surface area contributed by atoms with Gasteiger partial charge in [0.05, 0.1) is 30.5 Å². The fourth-order valence-electron chi connectivity index (χ4n) is 1.54. The standard InChI is InChI=1S/C13H16BrN3O2/c1-17(9-13(18)16-5-6-19-2)12-4-3-10(8-15)7-11(12)14/h3-4,7H,5-6,9H2,1-2H3,(H,16,18). The van der Waals surface area contributed by atoms with Crippen molar-refractivity contribution < 1.29 is 9.53 Å².